The number of rotatable bonds is 10. The minimum Gasteiger partial charge on any atom is -0.382 e. The summed E-state index contributed by atoms with van der Waals surface area (Å²) in [5, 5.41) is 0. The monoisotopic (exact) mass is 417 g/mol. The van der Waals surface area contributed by atoms with E-state index >= 15 is 0 Å². The normalized spacial score (nSPS) is 11.9. The van der Waals surface area contributed by atoms with E-state index in [0.29, 0.717) is 44.1 Å². The number of nitrogens with two attached hydrogens (primary N) is 1. The van der Waals surface area contributed by atoms with Crippen molar-refractivity contribution in [2.45, 2.75) is 44.7 Å². The molecule has 3 N–H and O–H groups in total. The van der Waals surface area contributed by atoms with E-state index in [9.17, 15) is 8.42 Å². The molecule has 156 valence electrons. The predicted molar refractivity (Wildman–Crippen MR) is 113 cm³/mol. The Kier molecular flexibility index (Phi) is 6.83. The van der Waals surface area contributed by atoms with Crippen LogP contribution in [0.2, 0.25) is 0 Å². The van der Waals surface area contributed by atoms with Crippen LogP contribution in [0.4, 0.5) is 5.82 Å². The summed E-state index contributed by atoms with van der Waals surface area (Å²) < 4.78 is 34.9. The Morgan fingerprint density at radius 2 is 1.97 bits per heavy atom. The molecule has 29 heavy (non-hydrogen) atoms. The van der Waals surface area contributed by atoms with Crippen molar-refractivity contribution in [3.05, 3.63) is 47.9 Å². The van der Waals surface area contributed by atoms with Crippen LogP contribution < -0.4 is 10.5 Å². The Bertz CT molecular complexity index is 1060. The van der Waals surface area contributed by atoms with Crippen molar-refractivity contribution < 1.29 is 13.2 Å². The van der Waals surface area contributed by atoms with Gasteiger partial charge in [-0.2, -0.15) is 0 Å². The third-order valence-corrected chi connectivity index (χ3v) is 6.13. The van der Waals surface area contributed by atoms with Gasteiger partial charge in [0.05, 0.1) is 10.4 Å². The summed E-state index contributed by atoms with van der Waals surface area (Å²) >= 11 is 0. The van der Waals surface area contributed by atoms with Gasteiger partial charge in [0.25, 0.3) is 0 Å². The number of imidazole rings is 1. The van der Waals surface area contributed by atoms with Crippen LogP contribution in [0.15, 0.2) is 41.4 Å². The average molecular weight is 418 g/mol. The number of hydrogen-bond acceptors (Lipinski definition) is 6. The van der Waals surface area contributed by atoms with Crippen LogP contribution in [0.1, 0.15) is 31.2 Å². The summed E-state index contributed by atoms with van der Waals surface area (Å²) in [7, 11) is -3.48. The molecule has 0 saturated carbocycles. The minimum atomic E-state index is -3.48. The molecule has 0 bridgehead atoms. The zero-order valence-electron chi connectivity index (χ0n) is 16.8. The van der Waals surface area contributed by atoms with Crippen LogP contribution in [0, 0.1) is 6.92 Å². The second kappa shape index (κ2) is 9.34. The smallest absolute Gasteiger partial charge is 0.240 e. The van der Waals surface area contributed by atoms with Crippen LogP contribution in [0.5, 0.6) is 0 Å². The molecule has 2 aromatic heterocycles. The van der Waals surface area contributed by atoms with E-state index in [0.717, 1.165) is 23.3 Å². The summed E-state index contributed by atoms with van der Waals surface area (Å²) in [6, 6.07) is 8.38. The average Bonchev–Trinajstić information content (AvgIpc) is 3.09. The number of aromatic nitrogens is 3. The molecular formula is C20H27N5O3S. The molecule has 0 saturated heterocycles. The maximum absolute atomic E-state index is 12.3. The number of hydrogen-bond donors (Lipinski definition) is 2. The van der Waals surface area contributed by atoms with Gasteiger partial charge in [-0.25, -0.2) is 23.1 Å². The summed E-state index contributed by atoms with van der Waals surface area (Å²) in [5.74, 6) is 1.20. The lowest BCUT2D eigenvalue weighted by Gasteiger charge is -2.11. The third-order valence-electron chi connectivity index (χ3n) is 4.65. The highest BCUT2D eigenvalue weighted by molar-refractivity contribution is 7.89. The second-order valence-corrected chi connectivity index (χ2v) is 8.53. The first kappa shape index (κ1) is 21.2. The number of anilines is 1. The first-order valence-corrected chi connectivity index (χ1v) is 11.1. The maximum atomic E-state index is 12.3. The fraction of sp³-hybridized carbons (Fsp3) is 0.400. The zero-order valence-corrected chi connectivity index (χ0v) is 17.6. The van der Waals surface area contributed by atoms with E-state index in [1.165, 1.54) is 0 Å². The van der Waals surface area contributed by atoms with Crippen molar-refractivity contribution in [2.75, 3.05) is 18.9 Å². The van der Waals surface area contributed by atoms with Gasteiger partial charge in [-0.3, -0.25) is 0 Å². The molecule has 0 aliphatic heterocycles. The Hall–Kier alpha value is -2.49. The van der Waals surface area contributed by atoms with E-state index in [-0.39, 0.29) is 4.90 Å². The summed E-state index contributed by atoms with van der Waals surface area (Å²) in [4.78, 5) is 9.10. The Morgan fingerprint density at radius 3 is 2.69 bits per heavy atom. The number of nitrogens with one attached hydrogen (secondary N) is 1. The first-order valence-electron chi connectivity index (χ1n) is 9.66. The van der Waals surface area contributed by atoms with Crippen LogP contribution in [0.3, 0.4) is 0 Å². The van der Waals surface area contributed by atoms with Crippen LogP contribution in [-0.2, 0) is 27.9 Å². The molecule has 1 aromatic carbocycles. The van der Waals surface area contributed by atoms with E-state index in [1.807, 2.05) is 13.8 Å². The number of unbranched alkanes of at least 4 members (excludes halogenated alkanes) is 1. The number of nitrogens with zero attached hydrogens (tertiary/aromatic N) is 3. The van der Waals surface area contributed by atoms with E-state index in [4.69, 9.17) is 10.5 Å². The van der Waals surface area contributed by atoms with Crippen LogP contribution in [-0.4, -0.2) is 36.1 Å². The number of fused-ring (bicyclic) bond motifs is 1. The van der Waals surface area contributed by atoms with Crippen molar-refractivity contribution in [1.82, 2.24) is 19.3 Å². The molecule has 9 heteroatoms. The Labute approximate surface area is 171 Å². The molecule has 0 aliphatic rings. The molecule has 3 rings (SSSR count). The van der Waals surface area contributed by atoms with E-state index < -0.39 is 10.0 Å². The Balaban J connectivity index is 1.66. The van der Waals surface area contributed by atoms with Gasteiger partial charge in [0, 0.05) is 25.9 Å². The fourth-order valence-corrected chi connectivity index (χ4v) is 4.29. The quantitative estimate of drug-likeness (QED) is 0.491. The second-order valence-electron chi connectivity index (χ2n) is 6.76. The maximum Gasteiger partial charge on any atom is 0.240 e. The minimum absolute atomic E-state index is 0.276. The van der Waals surface area contributed by atoms with Gasteiger partial charge in [0.15, 0.2) is 5.82 Å². The van der Waals surface area contributed by atoms with Crippen LogP contribution >= 0.6 is 0 Å². The zero-order chi connectivity index (χ0) is 20.9. The van der Waals surface area contributed by atoms with Crippen molar-refractivity contribution in [2.24, 2.45) is 0 Å². The van der Waals surface area contributed by atoms with Gasteiger partial charge in [0.2, 0.25) is 10.0 Å². The van der Waals surface area contributed by atoms with Gasteiger partial charge < -0.3 is 15.0 Å². The number of pyridine rings is 1. The Morgan fingerprint density at radius 1 is 1.21 bits per heavy atom. The molecule has 0 atom stereocenters. The molecule has 8 nitrogen and oxygen atoms in total. The number of benzene rings is 1. The van der Waals surface area contributed by atoms with Crippen LogP contribution in [0.25, 0.3) is 11.0 Å². The molecule has 0 amide bonds. The summed E-state index contributed by atoms with van der Waals surface area (Å²) in [6.07, 6.45) is 3.22. The topological polar surface area (TPSA) is 112 Å². The highest BCUT2D eigenvalue weighted by Gasteiger charge is 2.16. The predicted octanol–water partition coefficient (Wildman–Crippen LogP) is 2.62. The summed E-state index contributed by atoms with van der Waals surface area (Å²) in [6.45, 7) is 5.96. The van der Waals surface area contributed by atoms with Gasteiger partial charge in [-0.1, -0.05) is 18.2 Å². The lowest BCUT2D eigenvalue weighted by Crippen LogP contribution is -2.25. The molecule has 0 unspecified atom stereocenters. The number of ether oxygens (including phenoxy) is 1. The number of aryl methyl sites for hydroxylation is 2. The first-order chi connectivity index (χ1) is 13.9. The van der Waals surface area contributed by atoms with Gasteiger partial charge in [-0.15, -0.1) is 0 Å². The van der Waals surface area contributed by atoms with Crippen molar-refractivity contribution in [1.29, 1.82) is 0 Å². The molecule has 3 aromatic rings. The molecule has 0 aliphatic carbocycles. The highest BCUT2D eigenvalue weighted by Crippen LogP contribution is 2.24. The summed E-state index contributed by atoms with van der Waals surface area (Å²) in [5.41, 5.74) is 8.65. The molecule has 2 heterocycles. The van der Waals surface area contributed by atoms with E-state index in [2.05, 4.69) is 19.3 Å². The van der Waals surface area contributed by atoms with Crippen molar-refractivity contribution in [3.8, 4) is 0 Å². The van der Waals surface area contributed by atoms with E-state index in [1.54, 1.807) is 36.5 Å². The number of sulfonamides is 1. The van der Waals surface area contributed by atoms with Crippen molar-refractivity contribution >= 4 is 26.9 Å². The highest BCUT2D eigenvalue weighted by atomic mass is 32.2. The van der Waals surface area contributed by atoms with Gasteiger partial charge in [-0.05, 0) is 44.4 Å². The molecule has 0 spiro atoms. The lowest BCUT2D eigenvalue weighted by molar-refractivity contribution is 0.126. The van der Waals surface area contributed by atoms with Crippen molar-refractivity contribution in [3.63, 3.8) is 0 Å². The third kappa shape index (κ3) is 4.92. The van der Waals surface area contributed by atoms with Gasteiger partial charge >= 0.3 is 0 Å². The fourth-order valence-electron chi connectivity index (χ4n) is 3.19. The molecular weight excluding hydrogens is 390 g/mol. The van der Waals surface area contributed by atoms with Gasteiger partial charge in [0.1, 0.15) is 17.9 Å². The standard InChI is InChI=1S/C20H27N5O3S/c1-3-28-14-17-24-18-19(15(2)13-22-20(18)21)25(17)12-8-7-11-23-29(26,27)16-9-5-4-6-10-16/h4-6,9-10,13,23H,3,7-8,11-12,14H2,1-2H3,(H2,21,22). The molecule has 0 radical (unpaired) electrons. The SMILES string of the molecule is CCOCc1nc2c(N)ncc(C)c2n1CCCCNS(=O)(=O)c1ccccc1. The number of nitrogen functional groups attached to an aromatic ring is 1. The molecule has 0 fully saturated rings. The largest absolute Gasteiger partial charge is 0.382 e. The lowest BCUT2D eigenvalue weighted by atomic mass is 10.2.